The van der Waals surface area contributed by atoms with Gasteiger partial charge >= 0.3 is 0 Å². The van der Waals surface area contributed by atoms with Gasteiger partial charge in [0.05, 0.1) is 10.5 Å². The standard InChI is InChI=1S/C49H55ClN6O6S/c1-34-29-41(13-16-45(34)52-32-35-18-26-60-27-19-35)63(58,59)53-49(57)44-14-11-39(31-48(44)62-47-6-4-5-46-43(47)17-20-51-46)56-23-21-55(22-24-56)33-37-30-40(61-28-25-54(2)3)12-15-42(37)36-7-9-38(50)10-8-36/h4-17,20,29-31,35,51-52H,18-19,21-28,32-33H2,1-3H3,(H,53,57). The van der Waals surface area contributed by atoms with Gasteiger partial charge in [0.2, 0.25) is 0 Å². The van der Waals surface area contributed by atoms with Crippen LogP contribution in [0.4, 0.5) is 11.4 Å². The van der Waals surface area contributed by atoms with Crippen molar-refractivity contribution in [2.24, 2.45) is 5.92 Å². The highest BCUT2D eigenvalue weighted by Gasteiger charge is 2.26. The number of carbonyl (C=O) groups excluding carboxylic acids is 1. The number of sulfonamides is 1. The predicted molar refractivity (Wildman–Crippen MR) is 251 cm³/mol. The molecule has 2 fully saturated rings. The van der Waals surface area contributed by atoms with Crippen LogP contribution in [-0.2, 0) is 21.3 Å². The molecule has 5 aromatic carbocycles. The molecule has 8 rings (SSSR count). The summed E-state index contributed by atoms with van der Waals surface area (Å²) in [5.74, 6) is 1.34. The molecule has 0 saturated carbocycles. The summed E-state index contributed by atoms with van der Waals surface area (Å²) in [6.45, 7) is 9.32. The number of nitrogens with one attached hydrogen (secondary N) is 3. The molecule has 330 valence electrons. The first-order valence-corrected chi connectivity index (χ1v) is 23.4. The van der Waals surface area contributed by atoms with Crippen LogP contribution >= 0.6 is 11.6 Å². The number of piperazine rings is 1. The molecule has 0 spiro atoms. The monoisotopic (exact) mass is 890 g/mol. The van der Waals surface area contributed by atoms with Gasteiger partial charge in [0, 0.05) is 98.6 Å². The molecule has 0 atom stereocenters. The first-order chi connectivity index (χ1) is 30.5. The summed E-state index contributed by atoms with van der Waals surface area (Å²) in [6, 6.07) is 32.0. The van der Waals surface area contributed by atoms with Crippen molar-refractivity contribution in [3.8, 4) is 28.4 Å². The maximum atomic E-state index is 14.0. The number of aryl methyl sites for hydroxylation is 1. The topological polar surface area (TPSA) is 128 Å². The molecule has 3 N–H and O–H groups in total. The van der Waals surface area contributed by atoms with Gasteiger partial charge in [-0.15, -0.1) is 0 Å². The number of aromatic amines is 1. The fourth-order valence-electron chi connectivity index (χ4n) is 8.14. The second-order valence-corrected chi connectivity index (χ2v) is 18.7. The average molecular weight is 892 g/mol. The maximum absolute atomic E-state index is 14.0. The quantitative estimate of drug-likeness (QED) is 0.0868. The summed E-state index contributed by atoms with van der Waals surface area (Å²) < 4.78 is 47.9. The van der Waals surface area contributed by atoms with E-state index in [0.717, 1.165) is 117 Å². The van der Waals surface area contributed by atoms with Gasteiger partial charge in [0.25, 0.3) is 15.9 Å². The van der Waals surface area contributed by atoms with Crippen molar-refractivity contribution in [1.82, 2.24) is 19.5 Å². The Labute approximate surface area is 375 Å². The van der Waals surface area contributed by atoms with Crippen molar-refractivity contribution in [3.05, 3.63) is 131 Å². The van der Waals surface area contributed by atoms with Gasteiger partial charge in [0.1, 0.15) is 23.9 Å². The molecule has 1 aromatic heterocycles. The molecule has 1 amide bonds. The van der Waals surface area contributed by atoms with Gasteiger partial charge in [-0.3, -0.25) is 9.69 Å². The second-order valence-electron chi connectivity index (χ2n) is 16.6. The minimum absolute atomic E-state index is 0.00267. The summed E-state index contributed by atoms with van der Waals surface area (Å²) >= 11 is 6.25. The van der Waals surface area contributed by atoms with Crippen molar-refractivity contribution in [2.75, 3.05) is 83.4 Å². The zero-order valence-corrected chi connectivity index (χ0v) is 37.6. The minimum atomic E-state index is -4.23. The van der Waals surface area contributed by atoms with Gasteiger partial charge < -0.3 is 34.3 Å². The van der Waals surface area contributed by atoms with Crippen LogP contribution in [0, 0.1) is 12.8 Å². The lowest BCUT2D eigenvalue weighted by atomic mass is 9.98. The van der Waals surface area contributed by atoms with Crippen molar-refractivity contribution in [1.29, 1.82) is 0 Å². The van der Waals surface area contributed by atoms with Crippen molar-refractivity contribution >= 4 is 49.8 Å². The highest BCUT2D eigenvalue weighted by Crippen LogP contribution is 2.36. The Bertz CT molecular complexity index is 2640. The van der Waals surface area contributed by atoms with E-state index in [-0.39, 0.29) is 16.2 Å². The van der Waals surface area contributed by atoms with Gasteiger partial charge in [-0.2, -0.15) is 0 Å². The van der Waals surface area contributed by atoms with Crippen molar-refractivity contribution < 1.29 is 27.4 Å². The number of nitrogens with zero attached hydrogens (tertiary/aromatic N) is 3. The number of anilines is 2. The van der Waals surface area contributed by atoms with E-state index in [1.54, 1.807) is 18.2 Å². The SMILES string of the molecule is Cc1cc(S(=O)(=O)NC(=O)c2ccc(N3CCN(Cc4cc(OCCN(C)C)ccc4-c4ccc(Cl)cc4)CC3)cc2Oc2cccc3[nH]ccc23)ccc1NCC1CCOCC1. The summed E-state index contributed by atoms with van der Waals surface area (Å²) in [5, 5.41) is 4.99. The van der Waals surface area contributed by atoms with Crippen LogP contribution in [0.15, 0.2) is 114 Å². The third-order valence-electron chi connectivity index (χ3n) is 11.8. The minimum Gasteiger partial charge on any atom is -0.492 e. The van der Waals surface area contributed by atoms with Crippen LogP contribution in [0.5, 0.6) is 17.2 Å². The maximum Gasteiger partial charge on any atom is 0.268 e. The van der Waals surface area contributed by atoms with Crippen LogP contribution in [0.1, 0.15) is 34.3 Å². The van der Waals surface area contributed by atoms with E-state index in [1.165, 1.54) is 11.6 Å². The Morgan fingerprint density at radius 1 is 0.905 bits per heavy atom. The number of likely N-dealkylation sites (N-methyl/N-ethyl adjacent to an activating group) is 1. The van der Waals surface area contributed by atoms with E-state index < -0.39 is 15.9 Å². The fraction of sp³-hybridized carbons (Fsp3) is 0.327. The molecule has 14 heteroatoms. The molecule has 0 unspecified atom stereocenters. The Morgan fingerprint density at radius 3 is 2.46 bits per heavy atom. The molecule has 2 aliphatic rings. The van der Waals surface area contributed by atoms with Crippen LogP contribution in [0.3, 0.4) is 0 Å². The fourth-order valence-corrected chi connectivity index (χ4v) is 9.32. The Morgan fingerprint density at radius 2 is 1.70 bits per heavy atom. The first-order valence-electron chi connectivity index (χ1n) is 21.5. The molecule has 12 nitrogen and oxygen atoms in total. The smallest absolute Gasteiger partial charge is 0.268 e. The van der Waals surface area contributed by atoms with Crippen molar-refractivity contribution in [3.63, 3.8) is 0 Å². The van der Waals surface area contributed by atoms with Crippen LogP contribution in [-0.4, -0.2) is 102 Å². The number of hydrogen-bond acceptors (Lipinski definition) is 10. The van der Waals surface area contributed by atoms with Crippen LogP contribution < -0.4 is 24.4 Å². The number of halogens is 1. The molecular weight excluding hydrogens is 836 g/mol. The van der Waals surface area contributed by atoms with E-state index in [2.05, 4.69) is 41.9 Å². The van der Waals surface area contributed by atoms with E-state index in [1.807, 2.05) is 93.9 Å². The molecule has 2 saturated heterocycles. The van der Waals surface area contributed by atoms with E-state index in [4.69, 9.17) is 25.8 Å². The Kier molecular flexibility index (Phi) is 13.9. The van der Waals surface area contributed by atoms with Crippen LogP contribution in [0.2, 0.25) is 5.02 Å². The number of hydrogen-bond donors (Lipinski definition) is 3. The molecule has 63 heavy (non-hydrogen) atoms. The number of benzene rings is 5. The van der Waals surface area contributed by atoms with Gasteiger partial charge in [-0.05, 0) is 135 Å². The van der Waals surface area contributed by atoms with E-state index in [0.29, 0.717) is 23.3 Å². The third-order valence-corrected chi connectivity index (χ3v) is 13.4. The number of rotatable bonds is 16. The number of amides is 1. The highest BCUT2D eigenvalue weighted by molar-refractivity contribution is 7.90. The zero-order chi connectivity index (χ0) is 43.9. The predicted octanol–water partition coefficient (Wildman–Crippen LogP) is 8.81. The molecule has 2 aliphatic heterocycles. The number of H-pyrrole nitrogens is 1. The molecule has 0 bridgehead atoms. The lowest BCUT2D eigenvalue weighted by Crippen LogP contribution is -2.46. The van der Waals surface area contributed by atoms with Gasteiger partial charge in [0.15, 0.2) is 0 Å². The summed E-state index contributed by atoms with van der Waals surface area (Å²) in [7, 11) is -0.167. The van der Waals surface area contributed by atoms with Gasteiger partial charge in [-0.1, -0.05) is 35.9 Å². The number of fused-ring (bicyclic) bond motifs is 1. The largest absolute Gasteiger partial charge is 0.492 e. The van der Waals surface area contributed by atoms with Gasteiger partial charge in [-0.25, -0.2) is 13.1 Å². The molecule has 3 heterocycles. The van der Waals surface area contributed by atoms with Crippen molar-refractivity contribution in [2.45, 2.75) is 31.2 Å². The van der Waals surface area contributed by atoms with E-state index >= 15 is 0 Å². The molecule has 6 aromatic rings. The molecule has 0 aliphatic carbocycles. The summed E-state index contributed by atoms with van der Waals surface area (Å²) in [6.07, 6.45) is 3.81. The number of ether oxygens (including phenoxy) is 3. The average Bonchev–Trinajstić information content (AvgIpc) is 3.77. The highest BCUT2D eigenvalue weighted by atomic mass is 35.5. The Balaban J connectivity index is 0.992. The molecule has 0 radical (unpaired) electrons. The summed E-state index contributed by atoms with van der Waals surface area (Å²) in [4.78, 5) is 24.0. The van der Waals surface area contributed by atoms with Crippen LogP contribution in [0.25, 0.3) is 22.0 Å². The second kappa shape index (κ2) is 19.9. The lowest BCUT2D eigenvalue weighted by Gasteiger charge is -2.36. The normalized spacial score (nSPS) is 15.2. The van der Waals surface area contributed by atoms with E-state index in [9.17, 15) is 13.2 Å². The molecular formula is C49H55ClN6O6S. The summed E-state index contributed by atoms with van der Waals surface area (Å²) in [5.41, 5.74) is 6.86. The number of aromatic nitrogens is 1. The lowest BCUT2D eigenvalue weighted by molar-refractivity contribution is 0.0699. The third kappa shape index (κ3) is 11.0. The Hall–Kier alpha value is -5.57. The first kappa shape index (κ1) is 44.1. The zero-order valence-electron chi connectivity index (χ0n) is 36.0. The number of carbonyl (C=O) groups is 1.